The van der Waals surface area contributed by atoms with Crippen molar-refractivity contribution in [3.05, 3.63) is 29.3 Å². The topological polar surface area (TPSA) is 66.8 Å². The van der Waals surface area contributed by atoms with Crippen LogP contribution in [-0.2, 0) is 17.6 Å². The summed E-state index contributed by atoms with van der Waals surface area (Å²) in [5.74, 6) is -0.391. The first-order chi connectivity index (χ1) is 9.12. The number of hydrogen-bond acceptors (Lipinski definition) is 3. The van der Waals surface area contributed by atoms with Gasteiger partial charge in [0.2, 0.25) is 0 Å². The zero-order valence-corrected chi connectivity index (χ0v) is 11.6. The van der Waals surface area contributed by atoms with Crippen molar-refractivity contribution in [2.24, 2.45) is 5.92 Å². The molecule has 19 heavy (non-hydrogen) atoms. The van der Waals surface area contributed by atoms with Gasteiger partial charge in [0.15, 0.2) is 0 Å². The van der Waals surface area contributed by atoms with E-state index in [1.165, 1.54) is 0 Å². The van der Waals surface area contributed by atoms with E-state index in [2.05, 4.69) is 0 Å². The lowest BCUT2D eigenvalue weighted by atomic mass is 9.91. The van der Waals surface area contributed by atoms with E-state index >= 15 is 0 Å². The molecule has 0 aromatic heterocycles. The molecule has 0 aliphatic rings. The molecular formula is C15H22O4. The summed E-state index contributed by atoms with van der Waals surface area (Å²) in [5, 5.41) is 18.3. The number of carboxylic acids is 1. The van der Waals surface area contributed by atoms with Gasteiger partial charge in [0, 0.05) is 6.61 Å². The summed E-state index contributed by atoms with van der Waals surface area (Å²) in [6.07, 6.45) is 2.54. The van der Waals surface area contributed by atoms with Crippen LogP contribution in [0.25, 0.3) is 0 Å². The van der Waals surface area contributed by atoms with E-state index in [0.29, 0.717) is 19.3 Å². The molecule has 0 fully saturated rings. The zero-order valence-electron chi connectivity index (χ0n) is 11.6. The molecule has 1 unspecified atom stereocenters. The normalized spacial score (nSPS) is 12.2. The SMILES string of the molecule is CCCC(Cc1ccc(OC)cc1CCO)C(=O)O. The maximum Gasteiger partial charge on any atom is 0.306 e. The van der Waals surface area contributed by atoms with Gasteiger partial charge in [-0.1, -0.05) is 19.4 Å². The predicted octanol–water partition coefficient (Wildman–Crippen LogP) is 2.27. The van der Waals surface area contributed by atoms with Crippen LogP contribution in [0, 0.1) is 5.92 Å². The standard InChI is InChI=1S/C15H22O4/c1-3-4-13(15(17)18)9-11-5-6-14(19-2)10-12(11)7-8-16/h5-6,10,13,16H,3-4,7-9H2,1-2H3,(H,17,18). The van der Waals surface area contributed by atoms with Gasteiger partial charge in [0.25, 0.3) is 0 Å². The molecule has 106 valence electrons. The molecule has 0 bridgehead atoms. The summed E-state index contributed by atoms with van der Waals surface area (Å²) in [4.78, 5) is 11.2. The van der Waals surface area contributed by atoms with E-state index in [0.717, 1.165) is 23.3 Å². The molecule has 0 saturated heterocycles. The number of aliphatic hydroxyl groups is 1. The van der Waals surface area contributed by atoms with E-state index < -0.39 is 5.97 Å². The highest BCUT2D eigenvalue weighted by molar-refractivity contribution is 5.70. The number of methoxy groups -OCH3 is 1. The minimum absolute atomic E-state index is 0.0473. The fraction of sp³-hybridized carbons (Fsp3) is 0.533. The van der Waals surface area contributed by atoms with E-state index in [9.17, 15) is 9.90 Å². The van der Waals surface area contributed by atoms with Crippen molar-refractivity contribution >= 4 is 5.97 Å². The van der Waals surface area contributed by atoms with Crippen LogP contribution in [0.2, 0.25) is 0 Å². The fourth-order valence-electron chi connectivity index (χ4n) is 2.21. The van der Waals surface area contributed by atoms with Crippen LogP contribution in [0.3, 0.4) is 0 Å². The Morgan fingerprint density at radius 1 is 1.37 bits per heavy atom. The summed E-state index contributed by atoms with van der Waals surface area (Å²) in [6.45, 7) is 2.03. The maximum atomic E-state index is 11.2. The molecule has 1 rings (SSSR count). The molecule has 4 nitrogen and oxygen atoms in total. The Hall–Kier alpha value is -1.55. The van der Waals surface area contributed by atoms with Crippen molar-refractivity contribution in [1.29, 1.82) is 0 Å². The lowest BCUT2D eigenvalue weighted by molar-refractivity contribution is -0.141. The van der Waals surface area contributed by atoms with E-state index in [1.54, 1.807) is 7.11 Å². The van der Waals surface area contributed by atoms with Crippen molar-refractivity contribution in [3.8, 4) is 5.75 Å². The average Bonchev–Trinajstić information content (AvgIpc) is 2.40. The van der Waals surface area contributed by atoms with Crippen LogP contribution in [0.1, 0.15) is 30.9 Å². The van der Waals surface area contributed by atoms with Crippen molar-refractivity contribution in [2.75, 3.05) is 13.7 Å². The second kappa shape index (κ2) is 7.79. The second-order valence-corrected chi connectivity index (χ2v) is 4.64. The second-order valence-electron chi connectivity index (χ2n) is 4.64. The van der Waals surface area contributed by atoms with Gasteiger partial charge < -0.3 is 14.9 Å². The van der Waals surface area contributed by atoms with Crippen LogP contribution in [-0.4, -0.2) is 29.9 Å². The van der Waals surface area contributed by atoms with Gasteiger partial charge in [-0.15, -0.1) is 0 Å². The van der Waals surface area contributed by atoms with Gasteiger partial charge in [-0.2, -0.15) is 0 Å². The Bertz CT molecular complexity index is 415. The molecule has 1 atom stereocenters. The number of aliphatic hydroxyl groups excluding tert-OH is 1. The van der Waals surface area contributed by atoms with E-state index in [4.69, 9.17) is 9.84 Å². The van der Waals surface area contributed by atoms with E-state index in [1.807, 2.05) is 25.1 Å². The lowest BCUT2D eigenvalue weighted by Gasteiger charge is -2.15. The van der Waals surface area contributed by atoms with Crippen LogP contribution < -0.4 is 4.74 Å². The van der Waals surface area contributed by atoms with Crippen LogP contribution in [0.4, 0.5) is 0 Å². The number of aliphatic carboxylic acids is 1. The van der Waals surface area contributed by atoms with Crippen molar-refractivity contribution in [3.63, 3.8) is 0 Å². The zero-order chi connectivity index (χ0) is 14.3. The Kier molecular flexibility index (Phi) is 6.36. The smallest absolute Gasteiger partial charge is 0.306 e. The number of carbonyl (C=O) groups is 1. The summed E-state index contributed by atoms with van der Waals surface area (Å²) in [6, 6.07) is 5.60. The van der Waals surface area contributed by atoms with Crippen LogP contribution in [0.5, 0.6) is 5.75 Å². The highest BCUT2D eigenvalue weighted by Crippen LogP contribution is 2.23. The highest BCUT2D eigenvalue weighted by Gasteiger charge is 2.18. The largest absolute Gasteiger partial charge is 0.497 e. The Morgan fingerprint density at radius 3 is 2.63 bits per heavy atom. The Balaban J connectivity index is 2.94. The monoisotopic (exact) mass is 266 g/mol. The molecule has 4 heteroatoms. The molecule has 0 radical (unpaired) electrons. The molecule has 0 heterocycles. The summed E-state index contributed by atoms with van der Waals surface area (Å²) in [7, 11) is 1.59. The number of ether oxygens (including phenoxy) is 1. The van der Waals surface area contributed by atoms with Crippen molar-refractivity contribution < 1.29 is 19.7 Å². The molecule has 1 aromatic carbocycles. The minimum atomic E-state index is -0.757. The lowest BCUT2D eigenvalue weighted by Crippen LogP contribution is -2.17. The molecule has 0 spiro atoms. The van der Waals surface area contributed by atoms with Gasteiger partial charge in [0.1, 0.15) is 5.75 Å². The van der Waals surface area contributed by atoms with Gasteiger partial charge in [0.05, 0.1) is 13.0 Å². The first kappa shape index (κ1) is 15.5. The molecule has 0 aliphatic carbocycles. The number of benzene rings is 1. The summed E-state index contributed by atoms with van der Waals surface area (Å²) < 4.78 is 5.16. The molecular weight excluding hydrogens is 244 g/mol. The number of hydrogen-bond donors (Lipinski definition) is 2. The minimum Gasteiger partial charge on any atom is -0.497 e. The third-order valence-corrected chi connectivity index (χ3v) is 3.25. The van der Waals surface area contributed by atoms with Gasteiger partial charge in [-0.05, 0) is 42.5 Å². The predicted molar refractivity (Wildman–Crippen MR) is 73.5 cm³/mol. The molecule has 0 amide bonds. The third kappa shape index (κ3) is 4.56. The van der Waals surface area contributed by atoms with Crippen LogP contribution >= 0.6 is 0 Å². The van der Waals surface area contributed by atoms with E-state index in [-0.39, 0.29) is 12.5 Å². The number of rotatable bonds is 8. The molecule has 0 saturated carbocycles. The molecule has 0 aliphatic heterocycles. The molecule has 1 aromatic rings. The first-order valence-corrected chi connectivity index (χ1v) is 6.61. The Morgan fingerprint density at radius 2 is 2.11 bits per heavy atom. The van der Waals surface area contributed by atoms with Crippen molar-refractivity contribution in [2.45, 2.75) is 32.6 Å². The first-order valence-electron chi connectivity index (χ1n) is 6.61. The third-order valence-electron chi connectivity index (χ3n) is 3.25. The van der Waals surface area contributed by atoms with Crippen molar-refractivity contribution in [1.82, 2.24) is 0 Å². The average molecular weight is 266 g/mol. The highest BCUT2D eigenvalue weighted by atomic mass is 16.5. The maximum absolute atomic E-state index is 11.2. The molecule has 2 N–H and O–H groups in total. The van der Waals surface area contributed by atoms with Gasteiger partial charge in [-0.3, -0.25) is 4.79 Å². The summed E-state index contributed by atoms with van der Waals surface area (Å²) in [5.41, 5.74) is 1.94. The summed E-state index contributed by atoms with van der Waals surface area (Å²) >= 11 is 0. The van der Waals surface area contributed by atoms with Gasteiger partial charge in [-0.25, -0.2) is 0 Å². The quantitative estimate of drug-likeness (QED) is 0.757. The Labute approximate surface area is 114 Å². The van der Waals surface area contributed by atoms with Crippen LogP contribution in [0.15, 0.2) is 18.2 Å². The van der Waals surface area contributed by atoms with Gasteiger partial charge >= 0.3 is 5.97 Å². The fourth-order valence-corrected chi connectivity index (χ4v) is 2.21. The number of carboxylic acid groups (broad SMARTS) is 1.